The number of fused-ring (bicyclic) bond motifs is 1. The first-order valence-electron chi connectivity index (χ1n) is 7.22. The Morgan fingerprint density at radius 3 is 2.58 bits per heavy atom. The monoisotopic (exact) mass is 348 g/mol. The Bertz CT molecular complexity index is 881. The maximum atomic E-state index is 12.8. The minimum Gasteiger partial charge on any atom is -0.497 e. The molecule has 0 fully saturated rings. The highest BCUT2D eigenvalue weighted by Crippen LogP contribution is 2.40. The number of ether oxygens (including phenoxy) is 2. The fourth-order valence-corrected chi connectivity index (χ4v) is 4.30. The second kappa shape index (κ2) is 6.12. The first-order chi connectivity index (χ1) is 11.5. The van der Waals surface area contributed by atoms with Crippen molar-refractivity contribution in [1.82, 2.24) is 9.29 Å². The van der Waals surface area contributed by atoms with Crippen molar-refractivity contribution in [2.45, 2.75) is 11.3 Å². The number of hydrogen-bond acceptors (Lipinski definition) is 6. The molecule has 0 aliphatic carbocycles. The first kappa shape index (κ1) is 16.3. The number of benzene rings is 1. The van der Waals surface area contributed by atoms with Crippen molar-refractivity contribution in [3.8, 4) is 11.5 Å². The third-order valence-corrected chi connectivity index (χ3v) is 5.65. The molecule has 0 saturated carbocycles. The molecule has 1 aromatic heterocycles. The van der Waals surface area contributed by atoms with Gasteiger partial charge >= 0.3 is 0 Å². The number of rotatable bonds is 5. The lowest BCUT2D eigenvalue weighted by molar-refractivity contribution is 0.0871. The van der Waals surface area contributed by atoms with Gasteiger partial charge in [0, 0.05) is 30.9 Å². The van der Waals surface area contributed by atoms with Crippen LogP contribution in [0.3, 0.4) is 0 Å². The average Bonchev–Trinajstić information content (AvgIpc) is 2.79. The Kier molecular flexibility index (Phi) is 4.15. The Labute approximate surface area is 139 Å². The van der Waals surface area contributed by atoms with Crippen LogP contribution in [0.25, 0.3) is 0 Å². The number of pyridine rings is 1. The number of carbonyl (C=O) groups is 1. The summed E-state index contributed by atoms with van der Waals surface area (Å²) in [7, 11) is -1.17. The Morgan fingerprint density at radius 1 is 1.17 bits per heavy atom. The molecule has 2 aromatic rings. The van der Waals surface area contributed by atoms with Crippen molar-refractivity contribution in [2.24, 2.45) is 0 Å². The predicted octanol–water partition coefficient (Wildman–Crippen LogP) is 1.49. The Morgan fingerprint density at radius 2 is 1.96 bits per heavy atom. The average molecular weight is 348 g/mol. The summed E-state index contributed by atoms with van der Waals surface area (Å²) in [5.74, 6) is -0.128. The van der Waals surface area contributed by atoms with E-state index in [4.69, 9.17) is 9.47 Å². The van der Waals surface area contributed by atoms with Crippen LogP contribution in [0, 0.1) is 0 Å². The van der Waals surface area contributed by atoms with Gasteiger partial charge in [-0.25, -0.2) is 12.7 Å². The van der Waals surface area contributed by atoms with E-state index in [0.717, 1.165) is 4.31 Å². The van der Waals surface area contributed by atoms with Gasteiger partial charge in [0.1, 0.15) is 16.4 Å². The van der Waals surface area contributed by atoms with Gasteiger partial charge < -0.3 is 9.47 Å². The highest BCUT2D eigenvalue weighted by Gasteiger charge is 2.44. The number of aromatic nitrogens is 1. The SMILES string of the molecule is COc1cc(OC)c2c(c1)C(=O)N(CCc1ccccn1)S2(=O)=O. The predicted molar refractivity (Wildman–Crippen MR) is 85.7 cm³/mol. The zero-order chi connectivity index (χ0) is 17.3. The molecular weight excluding hydrogens is 332 g/mol. The molecule has 0 atom stereocenters. The van der Waals surface area contributed by atoms with Gasteiger partial charge in [-0.3, -0.25) is 9.78 Å². The van der Waals surface area contributed by atoms with E-state index in [0.29, 0.717) is 17.9 Å². The molecular formula is C16H16N2O5S. The van der Waals surface area contributed by atoms with Crippen molar-refractivity contribution in [2.75, 3.05) is 20.8 Å². The van der Waals surface area contributed by atoms with Crippen molar-refractivity contribution < 1.29 is 22.7 Å². The molecule has 0 N–H and O–H groups in total. The summed E-state index contributed by atoms with van der Waals surface area (Å²) in [5.41, 5.74) is 0.772. The minimum atomic E-state index is -3.96. The third-order valence-electron chi connectivity index (χ3n) is 3.79. The first-order valence-corrected chi connectivity index (χ1v) is 8.66. The molecule has 1 amide bonds. The van der Waals surface area contributed by atoms with Crippen molar-refractivity contribution >= 4 is 15.9 Å². The van der Waals surface area contributed by atoms with Crippen LogP contribution in [-0.2, 0) is 16.4 Å². The van der Waals surface area contributed by atoms with Crippen LogP contribution < -0.4 is 9.47 Å². The summed E-state index contributed by atoms with van der Waals surface area (Å²) in [6.07, 6.45) is 1.96. The maximum absolute atomic E-state index is 12.8. The van der Waals surface area contributed by atoms with E-state index in [2.05, 4.69) is 4.98 Å². The zero-order valence-electron chi connectivity index (χ0n) is 13.2. The summed E-state index contributed by atoms with van der Waals surface area (Å²) < 4.78 is 36.6. The van der Waals surface area contributed by atoms with Gasteiger partial charge in [-0.2, -0.15) is 0 Å². The van der Waals surface area contributed by atoms with Crippen molar-refractivity contribution in [3.05, 3.63) is 47.8 Å². The van der Waals surface area contributed by atoms with Crippen molar-refractivity contribution in [1.29, 1.82) is 0 Å². The van der Waals surface area contributed by atoms with Crippen LogP contribution in [0.4, 0.5) is 0 Å². The van der Waals surface area contributed by atoms with Gasteiger partial charge in [0.2, 0.25) is 0 Å². The maximum Gasteiger partial charge on any atom is 0.271 e. The lowest BCUT2D eigenvalue weighted by Gasteiger charge is -2.15. The zero-order valence-corrected chi connectivity index (χ0v) is 14.0. The minimum absolute atomic E-state index is 0.0122. The van der Waals surface area contributed by atoms with Gasteiger partial charge in [-0.1, -0.05) is 6.07 Å². The van der Waals surface area contributed by atoms with Gasteiger partial charge in [-0.05, 0) is 18.2 Å². The number of nitrogens with zero attached hydrogens (tertiary/aromatic N) is 2. The lowest BCUT2D eigenvalue weighted by atomic mass is 10.1. The normalized spacial score (nSPS) is 15.2. The van der Waals surface area contributed by atoms with Crippen LogP contribution in [0.1, 0.15) is 16.1 Å². The van der Waals surface area contributed by atoms with Crippen molar-refractivity contribution in [3.63, 3.8) is 0 Å². The number of sulfonamides is 1. The molecule has 2 heterocycles. The van der Waals surface area contributed by atoms with Crippen LogP contribution in [0.15, 0.2) is 41.4 Å². The molecule has 0 unspecified atom stereocenters. The molecule has 3 rings (SSSR count). The van der Waals surface area contributed by atoms with Crippen LogP contribution in [0.5, 0.6) is 11.5 Å². The lowest BCUT2D eigenvalue weighted by Crippen LogP contribution is -2.32. The summed E-state index contributed by atoms with van der Waals surface area (Å²) in [6.45, 7) is 0.0122. The van der Waals surface area contributed by atoms with E-state index < -0.39 is 15.9 Å². The summed E-state index contributed by atoms with van der Waals surface area (Å²) in [5, 5.41) is 0. The van der Waals surface area contributed by atoms with E-state index in [1.165, 1.54) is 26.4 Å². The van der Waals surface area contributed by atoms with Crippen LogP contribution >= 0.6 is 0 Å². The molecule has 0 spiro atoms. The number of methoxy groups -OCH3 is 2. The molecule has 1 aliphatic heterocycles. The summed E-state index contributed by atoms with van der Waals surface area (Å²) in [4.78, 5) is 16.6. The highest BCUT2D eigenvalue weighted by atomic mass is 32.2. The largest absolute Gasteiger partial charge is 0.497 e. The molecule has 8 heteroatoms. The highest BCUT2D eigenvalue weighted by molar-refractivity contribution is 7.90. The van der Waals surface area contributed by atoms with Crippen LogP contribution in [-0.4, -0.2) is 44.4 Å². The second-order valence-electron chi connectivity index (χ2n) is 5.16. The molecule has 0 radical (unpaired) electrons. The molecule has 24 heavy (non-hydrogen) atoms. The standard InChI is InChI=1S/C16H16N2O5S/c1-22-12-9-13-15(14(10-12)23-2)24(20,21)18(16(13)19)8-6-11-5-3-4-7-17-11/h3-5,7,9-10H,6,8H2,1-2H3. The van der Waals surface area contributed by atoms with E-state index in [1.54, 1.807) is 18.3 Å². The number of hydrogen-bond donors (Lipinski definition) is 0. The van der Waals surface area contributed by atoms with Gasteiger partial charge in [-0.15, -0.1) is 0 Å². The molecule has 126 valence electrons. The molecule has 0 saturated heterocycles. The quantitative estimate of drug-likeness (QED) is 0.814. The van der Waals surface area contributed by atoms with E-state index in [9.17, 15) is 13.2 Å². The van der Waals surface area contributed by atoms with Crippen LogP contribution in [0.2, 0.25) is 0 Å². The van der Waals surface area contributed by atoms with Gasteiger partial charge in [0.05, 0.1) is 19.8 Å². The fraction of sp³-hybridized carbons (Fsp3) is 0.250. The molecule has 7 nitrogen and oxygen atoms in total. The fourth-order valence-electron chi connectivity index (χ4n) is 2.61. The van der Waals surface area contributed by atoms with E-state index in [1.807, 2.05) is 6.07 Å². The van der Waals surface area contributed by atoms with E-state index in [-0.39, 0.29) is 22.8 Å². The molecule has 1 aliphatic rings. The Balaban J connectivity index is 1.98. The summed E-state index contributed by atoms with van der Waals surface area (Å²) >= 11 is 0. The van der Waals surface area contributed by atoms with Gasteiger partial charge in [0.15, 0.2) is 0 Å². The topological polar surface area (TPSA) is 85.8 Å². The van der Waals surface area contributed by atoms with E-state index >= 15 is 0 Å². The third kappa shape index (κ3) is 2.58. The smallest absolute Gasteiger partial charge is 0.271 e. The Hall–Kier alpha value is -2.61. The number of carbonyl (C=O) groups excluding carboxylic acids is 1. The number of amides is 1. The molecule has 1 aromatic carbocycles. The van der Waals surface area contributed by atoms with Gasteiger partial charge in [0.25, 0.3) is 15.9 Å². The second-order valence-corrected chi connectivity index (χ2v) is 6.96. The summed E-state index contributed by atoms with van der Waals surface area (Å²) in [6, 6.07) is 8.23. The molecule has 0 bridgehead atoms.